The Morgan fingerprint density at radius 2 is 1.41 bits per heavy atom. The maximum absolute atomic E-state index is 14.6. The van der Waals surface area contributed by atoms with Crippen molar-refractivity contribution in [1.29, 1.82) is 0 Å². The number of ether oxygens (including phenoxy) is 1. The molecule has 5 aromatic rings. The third-order valence-corrected chi connectivity index (χ3v) is 11.5. The largest absolute Gasteiger partial charge is 0.430 e. The van der Waals surface area contributed by atoms with Crippen LogP contribution in [0.3, 0.4) is 0 Å². The molecule has 1 aliphatic carbocycles. The van der Waals surface area contributed by atoms with Crippen molar-refractivity contribution in [3.63, 3.8) is 0 Å². The van der Waals surface area contributed by atoms with E-state index in [1.54, 1.807) is 35.4 Å². The summed E-state index contributed by atoms with van der Waals surface area (Å²) in [5.74, 6) is -3.57. The van der Waals surface area contributed by atoms with Gasteiger partial charge in [-0.3, -0.25) is 9.67 Å². The van der Waals surface area contributed by atoms with E-state index < -0.39 is 67.7 Å². The van der Waals surface area contributed by atoms with Crippen LogP contribution in [0.15, 0.2) is 102 Å². The summed E-state index contributed by atoms with van der Waals surface area (Å²) in [6.45, 7) is -1.44. The highest BCUT2D eigenvalue weighted by molar-refractivity contribution is 7.92. The van der Waals surface area contributed by atoms with E-state index in [4.69, 9.17) is 0 Å². The molecule has 0 bridgehead atoms. The third kappa shape index (κ3) is 6.39. The van der Waals surface area contributed by atoms with Crippen molar-refractivity contribution in [2.75, 3.05) is 0 Å². The topological polar surface area (TPSA) is 74.1 Å². The Morgan fingerprint density at radius 3 is 2.00 bits per heavy atom. The van der Waals surface area contributed by atoms with Crippen molar-refractivity contribution >= 4 is 9.84 Å². The molecule has 0 radical (unpaired) electrons. The fourth-order valence-electron chi connectivity index (χ4n) is 6.40. The van der Waals surface area contributed by atoms with Crippen molar-refractivity contribution in [3.05, 3.63) is 148 Å². The number of halogens is 9. The van der Waals surface area contributed by atoms with Crippen molar-refractivity contribution in [2.45, 2.75) is 60.0 Å². The number of sulfone groups is 1. The van der Waals surface area contributed by atoms with Crippen LogP contribution in [0.1, 0.15) is 39.9 Å². The lowest BCUT2D eigenvalue weighted by atomic mass is 9.81. The summed E-state index contributed by atoms with van der Waals surface area (Å²) in [6, 6.07) is 12.1. The molecule has 2 heterocycles. The smallest absolute Gasteiger partial charge is 0.349 e. The van der Waals surface area contributed by atoms with Gasteiger partial charge in [0.05, 0.1) is 23.7 Å². The van der Waals surface area contributed by atoms with Crippen LogP contribution >= 0.6 is 0 Å². The van der Waals surface area contributed by atoms with Gasteiger partial charge >= 0.3 is 12.4 Å². The summed E-state index contributed by atoms with van der Waals surface area (Å²) in [7, 11) is -4.52. The number of hydrogen-bond donors (Lipinski definition) is 0. The van der Waals surface area contributed by atoms with Crippen LogP contribution in [0, 0.1) is 17.5 Å². The van der Waals surface area contributed by atoms with Crippen LogP contribution in [-0.4, -0.2) is 35.5 Å². The molecule has 6 nitrogen and oxygen atoms in total. The molecule has 0 N–H and O–H groups in total. The van der Waals surface area contributed by atoms with Gasteiger partial charge in [-0.1, -0.05) is 30.3 Å². The fourth-order valence-corrected chi connectivity index (χ4v) is 8.51. The second-order valence-electron chi connectivity index (χ2n) is 12.0. The highest BCUT2D eigenvalue weighted by Gasteiger charge is 2.73. The molecule has 0 saturated heterocycles. The molecular weight excluding hydrogens is 713 g/mol. The number of aromatic nitrogens is 3. The second-order valence-corrected chi connectivity index (χ2v) is 14.3. The lowest BCUT2D eigenvalue weighted by Gasteiger charge is -2.39. The molecule has 51 heavy (non-hydrogen) atoms. The molecule has 0 fully saturated rings. The minimum absolute atomic E-state index is 0.0627. The van der Waals surface area contributed by atoms with Crippen molar-refractivity contribution < 1.29 is 52.7 Å². The average Bonchev–Trinajstić information content (AvgIpc) is 3.47. The lowest BCUT2D eigenvalue weighted by molar-refractivity contribution is -0.392. The molecule has 3 aromatic carbocycles. The summed E-state index contributed by atoms with van der Waals surface area (Å²) in [6.07, 6.45) is -8.01. The standard InChI is InChI=1S/C35H26F9N3O3S/c36-26-8-10-27(11-9-26)51(48,49)32(15-12-31-23(18-32)20-47(46-31)19-22-13-16-45-17-14-22)24-4-6-25(7-5-24)33(34(39,40)41,35(42,43)44)50-21-28-29(37)2-1-3-30(28)38/h1-11,13-14,16-17,20H,12,15,18-19,21H2. The molecule has 268 valence electrons. The molecule has 1 aliphatic rings. The molecule has 0 amide bonds. The van der Waals surface area contributed by atoms with E-state index in [0.29, 0.717) is 42.1 Å². The number of alkyl halides is 6. The summed E-state index contributed by atoms with van der Waals surface area (Å²) in [5, 5.41) is 4.56. The van der Waals surface area contributed by atoms with Gasteiger partial charge in [-0.25, -0.2) is 21.6 Å². The highest BCUT2D eigenvalue weighted by atomic mass is 32.2. The van der Waals surface area contributed by atoms with Crippen LogP contribution in [0.2, 0.25) is 0 Å². The van der Waals surface area contributed by atoms with Gasteiger partial charge in [0.15, 0.2) is 9.84 Å². The SMILES string of the molecule is O=S(=O)(c1ccc(F)cc1)C1(c2ccc(C(OCc3c(F)cccc3F)(C(F)(F)F)C(F)(F)F)cc2)CCc2nn(Cc3ccncc3)cc2C1. The van der Waals surface area contributed by atoms with E-state index in [-0.39, 0.29) is 29.7 Å². The summed E-state index contributed by atoms with van der Waals surface area (Å²) < 4.78 is 163. The molecule has 1 unspecified atom stereocenters. The molecule has 0 saturated carbocycles. The van der Waals surface area contributed by atoms with Gasteiger partial charge in [0, 0.05) is 29.7 Å². The third-order valence-electron chi connectivity index (χ3n) is 9.01. The Balaban J connectivity index is 1.45. The first-order valence-electron chi connectivity index (χ1n) is 15.2. The number of rotatable bonds is 9. The Labute approximate surface area is 285 Å². The zero-order valence-electron chi connectivity index (χ0n) is 26.1. The van der Waals surface area contributed by atoms with Crippen LogP contribution in [0.25, 0.3) is 0 Å². The summed E-state index contributed by atoms with van der Waals surface area (Å²) >= 11 is 0. The number of pyridine rings is 1. The van der Waals surface area contributed by atoms with Crippen LogP contribution in [0.4, 0.5) is 39.5 Å². The van der Waals surface area contributed by atoms with Crippen molar-refractivity contribution in [2.24, 2.45) is 0 Å². The number of nitrogens with zero attached hydrogens (tertiary/aromatic N) is 3. The highest BCUT2D eigenvalue weighted by Crippen LogP contribution is 2.54. The van der Waals surface area contributed by atoms with E-state index in [1.807, 2.05) is 0 Å². The molecule has 0 aliphatic heterocycles. The first kappa shape index (κ1) is 36.1. The molecule has 6 rings (SSSR count). The van der Waals surface area contributed by atoms with Gasteiger partial charge in [-0.2, -0.15) is 31.4 Å². The Bertz CT molecular complexity index is 2100. The monoisotopic (exact) mass is 739 g/mol. The van der Waals surface area contributed by atoms with Crippen LogP contribution < -0.4 is 0 Å². The first-order valence-corrected chi connectivity index (χ1v) is 16.7. The van der Waals surface area contributed by atoms with Gasteiger partial charge in [-0.05, 0) is 84.5 Å². The summed E-state index contributed by atoms with van der Waals surface area (Å²) in [4.78, 5) is 3.64. The maximum atomic E-state index is 14.6. The fraction of sp³-hybridized carbons (Fsp3) is 0.257. The average molecular weight is 740 g/mol. The van der Waals surface area contributed by atoms with Gasteiger partial charge in [0.1, 0.15) is 22.2 Å². The van der Waals surface area contributed by atoms with E-state index in [2.05, 4.69) is 14.8 Å². The lowest BCUT2D eigenvalue weighted by Crippen LogP contribution is -2.56. The maximum Gasteiger partial charge on any atom is 0.430 e. The van der Waals surface area contributed by atoms with E-state index in [1.165, 1.54) is 0 Å². The predicted octanol–water partition coefficient (Wildman–Crippen LogP) is 8.14. The molecular formula is C35H26F9N3O3S. The van der Waals surface area contributed by atoms with E-state index in [9.17, 15) is 47.9 Å². The first-order chi connectivity index (χ1) is 24.0. The van der Waals surface area contributed by atoms with Gasteiger partial charge in [-0.15, -0.1) is 0 Å². The van der Waals surface area contributed by atoms with Crippen molar-refractivity contribution in [1.82, 2.24) is 14.8 Å². The van der Waals surface area contributed by atoms with Gasteiger partial charge < -0.3 is 4.74 Å². The number of fused-ring (bicyclic) bond motifs is 1. The Morgan fingerprint density at radius 1 is 0.804 bits per heavy atom. The minimum atomic E-state index is -6.20. The number of hydrogen-bond acceptors (Lipinski definition) is 5. The molecule has 16 heteroatoms. The second kappa shape index (κ2) is 13.1. The van der Waals surface area contributed by atoms with E-state index >= 15 is 0 Å². The number of benzene rings is 3. The van der Waals surface area contributed by atoms with Crippen molar-refractivity contribution in [3.8, 4) is 0 Å². The molecule has 2 aromatic heterocycles. The Kier molecular flexibility index (Phi) is 9.29. The zero-order chi connectivity index (χ0) is 36.8. The van der Waals surface area contributed by atoms with Gasteiger partial charge in [0.2, 0.25) is 0 Å². The van der Waals surface area contributed by atoms with Crippen LogP contribution in [0.5, 0.6) is 0 Å². The minimum Gasteiger partial charge on any atom is -0.349 e. The zero-order valence-corrected chi connectivity index (χ0v) is 27.0. The molecule has 0 spiro atoms. The number of aryl methyl sites for hydroxylation is 1. The van der Waals surface area contributed by atoms with E-state index in [0.717, 1.165) is 48.0 Å². The quantitative estimate of drug-likeness (QED) is 0.113. The molecule has 1 atom stereocenters. The predicted molar refractivity (Wildman–Crippen MR) is 164 cm³/mol. The summed E-state index contributed by atoms with van der Waals surface area (Å²) in [5.41, 5.74) is -6.01. The normalized spacial score (nSPS) is 17.0. The van der Waals surface area contributed by atoms with Crippen LogP contribution in [-0.2, 0) is 50.9 Å². The Hall–Kier alpha value is -4.70. The van der Waals surface area contributed by atoms with Gasteiger partial charge in [0.25, 0.3) is 5.60 Å².